The normalized spacial score (nSPS) is 20.2. The van der Waals surface area contributed by atoms with Gasteiger partial charge in [0.15, 0.2) is 0 Å². The zero-order valence-corrected chi connectivity index (χ0v) is 15.5. The first-order valence-corrected chi connectivity index (χ1v) is 9.10. The second kappa shape index (κ2) is 8.51. The number of hydrogen-bond donors (Lipinski definition) is 0. The summed E-state index contributed by atoms with van der Waals surface area (Å²) in [5.41, 5.74) is 1.06. The van der Waals surface area contributed by atoms with E-state index in [2.05, 4.69) is 4.90 Å². The Bertz CT molecular complexity index is 628. The van der Waals surface area contributed by atoms with Crippen molar-refractivity contribution in [2.24, 2.45) is 0 Å². The fraction of sp³-hybridized carbons (Fsp3) is 0.579. The molecule has 0 spiro atoms. The quantitative estimate of drug-likeness (QED) is 0.768. The molecule has 0 bridgehead atoms. The molecule has 0 saturated carbocycles. The van der Waals surface area contributed by atoms with E-state index in [4.69, 9.17) is 9.47 Å². The summed E-state index contributed by atoms with van der Waals surface area (Å²) in [4.78, 5) is 30.9. The molecule has 0 N–H and O–H groups in total. The van der Waals surface area contributed by atoms with Crippen molar-refractivity contribution in [1.29, 1.82) is 0 Å². The summed E-state index contributed by atoms with van der Waals surface area (Å²) < 4.78 is 10.5. The molecule has 0 aliphatic carbocycles. The fourth-order valence-electron chi connectivity index (χ4n) is 3.40. The van der Waals surface area contributed by atoms with Gasteiger partial charge in [-0.3, -0.25) is 14.5 Å². The van der Waals surface area contributed by atoms with Gasteiger partial charge >= 0.3 is 0 Å². The minimum Gasteiger partial charge on any atom is -0.497 e. The summed E-state index contributed by atoms with van der Waals surface area (Å²) in [6.07, 6.45) is 0. The first-order valence-electron chi connectivity index (χ1n) is 9.10. The average molecular weight is 361 g/mol. The monoisotopic (exact) mass is 361 g/mol. The number of piperazine rings is 1. The van der Waals surface area contributed by atoms with E-state index in [-0.39, 0.29) is 24.4 Å². The van der Waals surface area contributed by atoms with Gasteiger partial charge in [-0.1, -0.05) is 12.1 Å². The summed E-state index contributed by atoms with van der Waals surface area (Å²) in [6, 6.07) is 7.50. The van der Waals surface area contributed by atoms with Gasteiger partial charge in [0.25, 0.3) is 0 Å². The van der Waals surface area contributed by atoms with E-state index in [1.807, 2.05) is 36.1 Å². The van der Waals surface area contributed by atoms with Crippen LogP contribution in [0.3, 0.4) is 0 Å². The van der Waals surface area contributed by atoms with Gasteiger partial charge in [-0.15, -0.1) is 0 Å². The molecule has 7 nitrogen and oxygen atoms in total. The van der Waals surface area contributed by atoms with Gasteiger partial charge in [0.05, 0.1) is 32.9 Å². The Balaban J connectivity index is 1.53. The maximum Gasteiger partial charge on any atom is 0.242 e. The molecule has 0 aromatic heterocycles. The molecule has 2 aliphatic rings. The van der Waals surface area contributed by atoms with Crippen molar-refractivity contribution in [3.8, 4) is 5.75 Å². The Morgan fingerprint density at radius 3 is 2.46 bits per heavy atom. The van der Waals surface area contributed by atoms with Gasteiger partial charge in [0, 0.05) is 32.7 Å². The predicted octanol–water partition coefficient (Wildman–Crippen LogP) is 0.587. The number of carbonyl (C=O) groups excluding carboxylic acids is 2. The lowest BCUT2D eigenvalue weighted by Gasteiger charge is -2.38. The van der Waals surface area contributed by atoms with Gasteiger partial charge in [-0.2, -0.15) is 0 Å². The van der Waals surface area contributed by atoms with E-state index in [1.54, 1.807) is 12.0 Å². The molecule has 1 aromatic rings. The summed E-state index contributed by atoms with van der Waals surface area (Å²) >= 11 is 0. The van der Waals surface area contributed by atoms with E-state index >= 15 is 0 Å². The second-order valence-electron chi connectivity index (χ2n) is 6.75. The SMILES string of the molecule is COc1ccc(CN2CCN(C(=O)C(C)N3CCOCC3)CC2=O)cc1. The molecular weight excluding hydrogens is 334 g/mol. The Labute approximate surface area is 154 Å². The lowest BCUT2D eigenvalue weighted by atomic mass is 10.1. The van der Waals surface area contributed by atoms with Crippen LogP contribution in [-0.4, -0.2) is 85.6 Å². The molecule has 2 aliphatic heterocycles. The van der Waals surface area contributed by atoms with Crippen LogP contribution in [0.1, 0.15) is 12.5 Å². The van der Waals surface area contributed by atoms with Crippen molar-refractivity contribution >= 4 is 11.8 Å². The van der Waals surface area contributed by atoms with Gasteiger partial charge < -0.3 is 19.3 Å². The molecule has 3 rings (SSSR count). The maximum atomic E-state index is 12.7. The summed E-state index contributed by atoms with van der Waals surface area (Å²) in [5.74, 6) is 0.825. The lowest BCUT2D eigenvalue weighted by Crippen LogP contribution is -2.57. The largest absolute Gasteiger partial charge is 0.497 e. The highest BCUT2D eigenvalue weighted by Crippen LogP contribution is 2.16. The molecule has 7 heteroatoms. The van der Waals surface area contributed by atoms with E-state index < -0.39 is 0 Å². The predicted molar refractivity (Wildman–Crippen MR) is 96.8 cm³/mol. The van der Waals surface area contributed by atoms with Crippen LogP contribution in [-0.2, 0) is 20.9 Å². The molecule has 0 radical (unpaired) electrons. The number of amides is 2. The van der Waals surface area contributed by atoms with Crippen molar-refractivity contribution in [2.75, 3.05) is 53.0 Å². The molecule has 142 valence electrons. The molecule has 1 aromatic carbocycles. The Morgan fingerprint density at radius 1 is 1.15 bits per heavy atom. The van der Waals surface area contributed by atoms with E-state index in [1.165, 1.54) is 0 Å². The molecule has 2 heterocycles. The zero-order chi connectivity index (χ0) is 18.5. The van der Waals surface area contributed by atoms with Crippen LogP contribution >= 0.6 is 0 Å². The van der Waals surface area contributed by atoms with Crippen LogP contribution in [0, 0.1) is 0 Å². The molecule has 1 unspecified atom stereocenters. The molecule has 2 fully saturated rings. The number of benzene rings is 1. The highest BCUT2D eigenvalue weighted by Gasteiger charge is 2.32. The van der Waals surface area contributed by atoms with Gasteiger partial charge in [0.2, 0.25) is 11.8 Å². The number of carbonyl (C=O) groups is 2. The van der Waals surface area contributed by atoms with Gasteiger partial charge in [0.1, 0.15) is 5.75 Å². The van der Waals surface area contributed by atoms with Crippen LogP contribution < -0.4 is 4.74 Å². The number of ether oxygens (including phenoxy) is 2. The van der Waals surface area contributed by atoms with Gasteiger partial charge in [-0.25, -0.2) is 0 Å². The highest BCUT2D eigenvalue weighted by molar-refractivity contribution is 5.88. The van der Waals surface area contributed by atoms with Crippen LogP contribution in [0.2, 0.25) is 0 Å². The molecular formula is C19H27N3O4. The van der Waals surface area contributed by atoms with Crippen molar-refractivity contribution in [3.05, 3.63) is 29.8 Å². The summed E-state index contributed by atoms with van der Waals surface area (Å²) in [7, 11) is 1.63. The summed E-state index contributed by atoms with van der Waals surface area (Å²) in [6.45, 7) is 6.62. The maximum absolute atomic E-state index is 12.7. The molecule has 26 heavy (non-hydrogen) atoms. The summed E-state index contributed by atoms with van der Waals surface area (Å²) in [5, 5.41) is 0. The van der Waals surface area contributed by atoms with Crippen LogP contribution in [0.15, 0.2) is 24.3 Å². The number of methoxy groups -OCH3 is 1. The number of morpholine rings is 1. The van der Waals surface area contributed by atoms with Crippen molar-refractivity contribution < 1.29 is 19.1 Å². The highest BCUT2D eigenvalue weighted by atomic mass is 16.5. The molecule has 1 atom stereocenters. The molecule has 2 saturated heterocycles. The third kappa shape index (κ3) is 4.34. The second-order valence-corrected chi connectivity index (χ2v) is 6.75. The minimum absolute atomic E-state index is 0.00500. The first kappa shape index (κ1) is 18.7. The van der Waals surface area contributed by atoms with Crippen molar-refractivity contribution in [1.82, 2.24) is 14.7 Å². The van der Waals surface area contributed by atoms with Crippen LogP contribution in [0.5, 0.6) is 5.75 Å². The molecule has 2 amide bonds. The fourth-order valence-corrected chi connectivity index (χ4v) is 3.40. The first-order chi connectivity index (χ1) is 12.6. The Hall–Kier alpha value is -2.12. The lowest BCUT2D eigenvalue weighted by molar-refractivity contribution is -0.149. The minimum atomic E-state index is -0.208. The number of rotatable bonds is 5. The third-order valence-corrected chi connectivity index (χ3v) is 5.11. The standard InChI is InChI=1S/C19H27N3O4/c1-15(20-9-11-26-12-10-20)19(24)22-8-7-21(18(23)14-22)13-16-3-5-17(25-2)6-4-16/h3-6,15H,7-14H2,1-2H3. The smallest absolute Gasteiger partial charge is 0.242 e. The Kier molecular flexibility index (Phi) is 6.11. The van der Waals surface area contributed by atoms with Crippen molar-refractivity contribution in [3.63, 3.8) is 0 Å². The Morgan fingerprint density at radius 2 is 1.85 bits per heavy atom. The topological polar surface area (TPSA) is 62.3 Å². The van der Waals surface area contributed by atoms with E-state index in [0.29, 0.717) is 32.8 Å². The third-order valence-electron chi connectivity index (χ3n) is 5.11. The number of nitrogens with zero attached hydrogens (tertiary/aromatic N) is 3. The van der Waals surface area contributed by atoms with Crippen molar-refractivity contribution in [2.45, 2.75) is 19.5 Å². The van der Waals surface area contributed by atoms with Crippen LogP contribution in [0.25, 0.3) is 0 Å². The van der Waals surface area contributed by atoms with Crippen LogP contribution in [0.4, 0.5) is 0 Å². The van der Waals surface area contributed by atoms with Gasteiger partial charge in [-0.05, 0) is 24.6 Å². The van der Waals surface area contributed by atoms with E-state index in [9.17, 15) is 9.59 Å². The average Bonchev–Trinajstić information content (AvgIpc) is 2.69. The zero-order valence-electron chi connectivity index (χ0n) is 15.5. The number of hydrogen-bond acceptors (Lipinski definition) is 5. The van der Waals surface area contributed by atoms with E-state index in [0.717, 1.165) is 24.4 Å².